The molecule has 4 rings (SSSR count). The van der Waals surface area contributed by atoms with E-state index >= 15 is 0 Å². The third kappa shape index (κ3) is 5.33. The number of hydrogen-bond donors (Lipinski definition) is 0. The van der Waals surface area contributed by atoms with Crippen molar-refractivity contribution in [3.8, 4) is 0 Å². The van der Waals surface area contributed by atoms with Gasteiger partial charge in [0.15, 0.2) is 5.78 Å². The van der Waals surface area contributed by atoms with Crippen molar-refractivity contribution in [1.82, 2.24) is 9.80 Å². The second-order valence-corrected chi connectivity index (χ2v) is 8.86. The second kappa shape index (κ2) is 9.63. The number of ketones is 1. The summed E-state index contributed by atoms with van der Waals surface area (Å²) in [5.41, 5.74) is 4.93. The Kier molecular flexibility index (Phi) is 6.69. The summed E-state index contributed by atoms with van der Waals surface area (Å²) in [6, 6.07) is 21.1. The van der Waals surface area contributed by atoms with Gasteiger partial charge in [-0.15, -0.1) is 0 Å². The Morgan fingerprint density at radius 2 is 1.77 bits per heavy atom. The molecule has 1 aliphatic rings. The van der Waals surface area contributed by atoms with E-state index in [2.05, 4.69) is 70.5 Å². The molecule has 1 atom stereocenters. The highest BCUT2D eigenvalue weighted by Crippen LogP contribution is 2.31. The Hall–Kier alpha value is -2.69. The molecule has 0 saturated carbocycles. The van der Waals surface area contributed by atoms with Gasteiger partial charge in [0, 0.05) is 25.1 Å². The summed E-state index contributed by atoms with van der Waals surface area (Å²) in [6.07, 6.45) is 2.83. The molecule has 1 unspecified atom stereocenters. The lowest BCUT2D eigenvalue weighted by molar-refractivity contribution is -0.122. The van der Waals surface area contributed by atoms with Gasteiger partial charge in [0.1, 0.15) is 11.5 Å². The second-order valence-electron chi connectivity index (χ2n) is 8.86. The van der Waals surface area contributed by atoms with Crippen LogP contribution < -0.4 is 0 Å². The van der Waals surface area contributed by atoms with E-state index in [1.807, 2.05) is 14.1 Å². The van der Waals surface area contributed by atoms with Crippen molar-refractivity contribution < 1.29 is 9.21 Å². The molecule has 0 aliphatic carbocycles. The van der Waals surface area contributed by atoms with Gasteiger partial charge in [-0.2, -0.15) is 0 Å². The zero-order valence-electron chi connectivity index (χ0n) is 18.8. The number of furan rings is 1. The minimum Gasteiger partial charge on any atom is -0.464 e. The summed E-state index contributed by atoms with van der Waals surface area (Å²) >= 11 is 0. The van der Waals surface area contributed by atoms with Crippen molar-refractivity contribution in [1.29, 1.82) is 0 Å². The summed E-state index contributed by atoms with van der Waals surface area (Å²) in [4.78, 5) is 17.1. The molecule has 2 aromatic carbocycles. The maximum atomic E-state index is 12.7. The first-order valence-corrected chi connectivity index (χ1v) is 11.1. The Balaban J connectivity index is 1.50. The number of hydrogen-bond acceptors (Lipinski definition) is 4. The number of nitrogens with zero attached hydrogens (tertiary/aromatic N) is 2. The first kappa shape index (κ1) is 21.5. The normalized spacial score (nSPS) is 15.1. The van der Waals surface area contributed by atoms with Gasteiger partial charge in [-0.25, -0.2) is 0 Å². The Bertz CT molecular complexity index is 1020. The van der Waals surface area contributed by atoms with E-state index in [9.17, 15) is 4.79 Å². The fourth-order valence-electron chi connectivity index (χ4n) is 4.58. The van der Waals surface area contributed by atoms with Crippen molar-refractivity contribution in [2.75, 3.05) is 20.6 Å². The number of benzene rings is 2. The number of aryl methyl sites for hydroxylation is 2. The van der Waals surface area contributed by atoms with Gasteiger partial charge in [-0.3, -0.25) is 9.69 Å². The molecule has 0 amide bonds. The molecule has 31 heavy (non-hydrogen) atoms. The van der Waals surface area contributed by atoms with Crippen LogP contribution in [-0.2, 0) is 37.1 Å². The van der Waals surface area contributed by atoms with Crippen LogP contribution in [-0.4, -0.2) is 36.2 Å². The number of rotatable bonds is 8. The first-order chi connectivity index (χ1) is 15.0. The lowest BCUT2D eigenvalue weighted by Crippen LogP contribution is -2.37. The van der Waals surface area contributed by atoms with E-state index in [-0.39, 0.29) is 11.8 Å². The van der Waals surface area contributed by atoms with Crippen molar-refractivity contribution in [3.63, 3.8) is 0 Å². The van der Waals surface area contributed by atoms with Crippen LogP contribution in [0.1, 0.15) is 46.7 Å². The highest BCUT2D eigenvalue weighted by Gasteiger charge is 2.30. The van der Waals surface area contributed by atoms with E-state index in [0.717, 1.165) is 56.0 Å². The molecule has 2 heterocycles. The van der Waals surface area contributed by atoms with Gasteiger partial charge in [0.05, 0.1) is 12.6 Å². The smallest absolute Gasteiger partial charge is 0.151 e. The quantitative estimate of drug-likeness (QED) is 0.528. The monoisotopic (exact) mass is 416 g/mol. The largest absolute Gasteiger partial charge is 0.464 e. The van der Waals surface area contributed by atoms with Crippen LogP contribution in [0.2, 0.25) is 0 Å². The molecule has 4 heteroatoms. The fraction of sp³-hybridized carbons (Fsp3) is 0.370. The van der Waals surface area contributed by atoms with E-state index in [4.69, 9.17) is 4.42 Å². The molecular formula is C27H32N2O2. The predicted octanol–water partition coefficient (Wildman–Crippen LogP) is 4.81. The van der Waals surface area contributed by atoms with Crippen LogP contribution in [0.5, 0.6) is 0 Å². The average Bonchev–Trinajstić information content (AvgIpc) is 3.14. The van der Waals surface area contributed by atoms with Crippen LogP contribution in [0, 0.1) is 0 Å². The molecule has 162 valence electrons. The molecule has 1 aromatic heterocycles. The van der Waals surface area contributed by atoms with Crippen LogP contribution >= 0.6 is 0 Å². The third-order valence-corrected chi connectivity index (χ3v) is 5.98. The molecular weight excluding hydrogens is 384 g/mol. The van der Waals surface area contributed by atoms with Crippen molar-refractivity contribution in [2.45, 2.75) is 45.3 Å². The molecule has 4 nitrogen and oxygen atoms in total. The molecule has 0 bridgehead atoms. The van der Waals surface area contributed by atoms with E-state index in [0.29, 0.717) is 0 Å². The summed E-state index contributed by atoms with van der Waals surface area (Å²) < 4.78 is 6.05. The van der Waals surface area contributed by atoms with E-state index < -0.39 is 0 Å². The molecule has 3 aromatic rings. The van der Waals surface area contributed by atoms with Gasteiger partial charge in [-0.1, -0.05) is 54.6 Å². The van der Waals surface area contributed by atoms with Crippen molar-refractivity contribution >= 4 is 5.78 Å². The number of carbonyl (C=O) groups excluding carboxylic acids is 1. The number of carbonyl (C=O) groups is 1. The fourth-order valence-corrected chi connectivity index (χ4v) is 4.58. The molecule has 0 N–H and O–H groups in total. The van der Waals surface area contributed by atoms with Crippen LogP contribution in [0.25, 0.3) is 0 Å². The van der Waals surface area contributed by atoms with Crippen molar-refractivity contribution in [2.24, 2.45) is 0 Å². The standard InChI is InChI=1S/C27H32N2O2/c1-20(30)27(29-15-14-26-24(18-29)17-25(31-26)19-28(2)3)23-11-7-10-22(16-23)13-12-21-8-5-4-6-9-21/h4-11,16-17,27H,12-15,18-19H2,1-3H3. The minimum atomic E-state index is -0.211. The van der Waals surface area contributed by atoms with Crippen LogP contribution in [0.3, 0.4) is 0 Å². The van der Waals surface area contributed by atoms with Gasteiger partial charge in [0.25, 0.3) is 0 Å². The summed E-state index contributed by atoms with van der Waals surface area (Å²) in [5.74, 6) is 2.27. The number of Topliss-reactive ketones (excluding diaryl/α,β-unsaturated/α-hetero) is 1. The van der Waals surface area contributed by atoms with Gasteiger partial charge in [-0.05, 0) is 56.6 Å². The predicted molar refractivity (Wildman–Crippen MR) is 124 cm³/mol. The highest BCUT2D eigenvalue weighted by atomic mass is 16.3. The zero-order chi connectivity index (χ0) is 21.8. The Labute approximate surface area is 185 Å². The zero-order valence-corrected chi connectivity index (χ0v) is 18.8. The Morgan fingerprint density at radius 3 is 2.52 bits per heavy atom. The molecule has 0 radical (unpaired) electrons. The first-order valence-electron chi connectivity index (χ1n) is 11.1. The molecule has 1 aliphatic heterocycles. The Morgan fingerprint density at radius 1 is 1.03 bits per heavy atom. The maximum Gasteiger partial charge on any atom is 0.151 e. The molecule has 0 spiro atoms. The third-order valence-electron chi connectivity index (χ3n) is 5.98. The van der Waals surface area contributed by atoms with Crippen LogP contribution in [0.4, 0.5) is 0 Å². The SMILES string of the molecule is CC(=O)C(c1cccc(CCc2ccccc2)c1)N1CCc2oc(CN(C)C)cc2C1. The maximum absolute atomic E-state index is 12.7. The molecule has 0 saturated heterocycles. The summed E-state index contributed by atoms with van der Waals surface area (Å²) in [6.45, 7) is 4.10. The van der Waals surface area contributed by atoms with Crippen LogP contribution in [0.15, 0.2) is 65.1 Å². The average molecular weight is 417 g/mol. The minimum absolute atomic E-state index is 0.195. The van der Waals surface area contributed by atoms with Gasteiger partial charge in [0.2, 0.25) is 0 Å². The molecule has 0 fully saturated rings. The van der Waals surface area contributed by atoms with E-state index in [1.165, 1.54) is 16.7 Å². The summed E-state index contributed by atoms with van der Waals surface area (Å²) in [7, 11) is 4.09. The lowest BCUT2D eigenvalue weighted by Gasteiger charge is -2.33. The number of fused-ring (bicyclic) bond motifs is 1. The van der Waals surface area contributed by atoms with E-state index in [1.54, 1.807) is 6.92 Å². The van der Waals surface area contributed by atoms with Gasteiger partial charge < -0.3 is 9.32 Å². The topological polar surface area (TPSA) is 36.7 Å². The lowest BCUT2D eigenvalue weighted by atomic mass is 9.95. The summed E-state index contributed by atoms with van der Waals surface area (Å²) in [5, 5.41) is 0. The van der Waals surface area contributed by atoms with Crippen molar-refractivity contribution in [3.05, 3.63) is 94.4 Å². The van der Waals surface area contributed by atoms with Gasteiger partial charge >= 0.3 is 0 Å². The highest BCUT2D eigenvalue weighted by molar-refractivity contribution is 5.83.